The highest BCUT2D eigenvalue weighted by atomic mass is 19.2. The second-order valence-electron chi connectivity index (χ2n) is 5.91. The van der Waals surface area contributed by atoms with Gasteiger partial charge in [-0.1, -0.05) is 24.3 Å². The summed E-state index contributed by atoms with van der Waals surface area (Å²) in [6.07, 6.45) is 0.518. The maximum absolute atomic E-state index is 13.1. The molecular weight excluding hydrogens is 370 g/mol. The number of carbonyl (C=O) groups is 2. The second kappa shape index (κ2) is 8.45. The van der Waals surface area contributed by atoms with E-state index < -0.39 is 29.6 Å². The van der Waals surface area contributed by atoms with Crippen LogP contribution in [-0.2, 0) is 9.59 Å². The lowest BCUT2D eigenvalue weighted by atomic mass is 10.1. The zero-order valence-electron chi connectivity index (χ0n) is 14.5. The van der Waals surface area contributed by atoms with Crippen molar-refractivity contribution in [2.45, 2.75) is 6.10 Å². The molecular formula is C20H16F2N2O4. The molecule has 6 nitrogen and oxygen atoms in total. The second-order valence-corrected chi connectivity index (χ2v) is 5.91. The van der Waals surface area contributed by atoms with E-state index in [9.17, 15) is 23.5 Å². The molecule has 0 saturated carbocycles. The van der Waals surface area contributed by atoms with Gasteiger partial charge in [0.25, 0.3) is 0 Å². The maximum atomic E-state index is 13.1. The molecule has 1 heterocycles. The van der Waals surface area contributed by atoms with Crippen LogP contribution in [0.25, 0.3) is 11.3 Å². The number of carbonyl (C=O) groups excluding carboxylic acids is 2. The first-order valence-electron chi connectivity index (χ1n) is 8.30. The molecule has 28 heavy (non-hydrogen) atoms. The Bertz CT molecular complexity index is 972. The average Bonchev–Trinajstić information content (AvgIpc) is 3.23. The molecule has 1 atom stereocenters. The minimum absolute atomic E-state index is 0.0619. The molecule has 0 aliphatic carbocycles. The van der Waals surface area contributed by atoms with E-state index in [0.717, 1.165) is 23.8 Å². The number of nitrogens with one attached hydrogen (secondary N) is 2. The van der Waals surface area contributed by atoms with E-state index in [2.05, 4.69) is 10.6 Å². The molecule has 0 aliphatic rings. The first kappa shape index (κ1) is 19.2. The van der Waals surface area contributed by atoms with E-state index in [0.29, 0.717) is 11.3 Å². The monoisotopic (exact) mass is 386 g/mol. The first-order chi connectivity index (χ1) is 13.4. The average molecular weight is 386 g/mol. The largest absolute Gasteiger partial charge is 0.464 e. The van der Waals surface area contributed by atoms with Crippen molar-refractivity contribution in [3.05, 3.63) is 78.1 Å². The van der Waals surface area contributed by atoms with Gasteiger partial charge in [-0.25, -0.2) is 8.78 Å². The van der Waals surface area contributed by atoms with Crippen LogP contribution in [-0.4, -0.2) is 23.5 Å². The molecule has 1 aromatic heterocycles. The summed E-state index contributed by atoms with van der Waals surface area (Å²) in [6, 6.07) is 13.2. The van der Waals surface area contributed by atoms with Gasteiger partial charge in [-0.15, -0.1) is 0 Å². The molecule has 0 bridgehead atoms. The smallest absolute Gasteiger partial charge is 0.313 e. The topological polar surface area (TPSA) is 91.6 Å². The summed E-state index contributed by atoms with van der Waals surface area (Å²) in [7, 11) is 0. The van der Waals surface area contributed by atoms with Gasteiger partial charge < -0.3 is 20.2 Å². The number of aliphatic hydroxyl groups excluding tert-OH is 1. The van der Waals surface area contributed by atoms with Gasteiger partial charge in [0, 0.05) is 23.9 Å². The summed E-state index contributed by atoms with van der Waals surface area (Å²) in [4.78, 5) is 23.6. The van der Waals surface area contributed by atoms with Crippen LogP contribution in [0, 0.1) is 11.6 Å². The minimum atomic E-state index is -1.15. The lowest BCUT2D eigenvalue weighted by Gasteiger charge is -2.13. The van der Waals surface area contributed by atoms with Gasteiger partial charge >= 0.3 is 11.8 Å². The molecule has 0 unspecified atom stereocenters. The molecule has 144 valence electrons. The molecule has 2 amide bonds. The molecule has 2 aromatic carbocycles. The van der Waals surface area contributed by atoms with Crippen LogP contribution in [0.1, 0.15) is 11.7 Å². The third-order valence-electron chi connectivity index (χ3n) is 3.94. The molecule has 0 aliphatic heterocycles. The molecule has 8 heteroatoms. The summed E-state index contributed by atoms with van der Waals surface area (Å²) < 4.78 is 31.3. The number of amides is 2. The molecule has 0 fully saturated rings. The summed E-state index contributed by atoms with van der Waals surface area (Å²) in [5.74, 6) is -3.61. The fourth-order valence-corrected chi connectivity index (χ4v) is 2.46. The molecule has 0 spiro atoms. The number of rotatable bonds is 5. The Hall–Kier alpha value is -3.52. The molecule has 0 saturated heterocycles. The van der Waals surface area contributed by atoms with Crippen molar-refractivity contribution in [2.75, 3.05) is 11.9 Å². The Morgan fingerprint density at radius 3 is 2.39 bits per heavy atom. The van der Waals surface area contributed by atoms with Crippen molar-refractivity contribution in [1.82, 2.24) is 5.32 Å². The van der Waals surface area contributed by atoms with Gasteiger partial charge in [-0.3, -0.25) is 9.59 Å². The predicted octanol–water partition coefficient (Wildman–Crippen LogP) is 3.01. The zero-order chi connectivity index (χ0) is 20.1. The number of furan rings is 1. The Morgan fingerprint density at radius 2 is 1.75 bits per heavy atom. The van der Waals surface area contributed by atoms with Crippen LogP contribution in [0.5, 0.6) is 0 Å². The van der Waals surface area contributed by atoms with Crippen LogP contribution in [0.2, 0.25) is 0 Å². The third-order valence-corrected chi connectivity index (χ3v) is 3.94. The Labute approximate surface area is 158 Å². The van der Waals surface area contributed by atoms with Crippen LogP contribution < -0.4 is 10.6 Å². The summed E-state index contributed by atoms with van der Waals surface area (Å²) >= 11 is 0. The number of aliphatic hydroxyl groups is 1. The van der Waals surface area contributed by atoms with Gasteiger partial charge in [0.2, 0.25) is 0 Å². The van der Waals surface area contributed by atoms with E-state index in [1.54, 1.807) is 42.7 Å². The number of anilines is 1. The lowest BCUT2D eigenvalue weighted by Crippen LogP contribution is -2.37. The van der Waals surface area contributed by atoms with Gasteiger partial charge in [-0.05, 0) is 29.8 Å². The van der Waals surface area contributed by atoms with E-state index in [-0.39, 0.29) is 12.2 Å². The summed E-state index contributed by atoms with van der Waals surface area (Å²) in [5.41, 5.74) is 1.31. The van der Waals surface area contributed by atoms with Gasteiger partial charge in [0.1, 0.15) is 5.76 Å². The molecule has 3 rings (SSSR count). The van der Waals surface area contributed by atoms with Gasteiger partial charge in [0.15, 0.2) is 11.6 Å². The van der Waals surface area contributed by atoms with Crippen molar-refractivity contribution in [3.63, 3.8) is 0 Å². The fraction of sp³-hybridized carbons (Fsp3) is 0.100. The SMILES string of the molecule is O=C(NC[C@H](O)c1ccc(-c2ccco2)cc1)C(=O)Nc1ccc(F)c(F)c1. The number of hydrogen-bond donors (Lipinski definition) is 3. The van der Waals surface area contributed by atoms with Crippen molar-refractivity contribution in [3.8, 4) is 11.3 Å². The van der Waals surface area contributed by atoms with Crippen molar-refractivity contribution in [1.29, 1.82) is 0 Å². The zero-order valence-corrected chi connectivity index (χ0v) is 14.5. The van der Waals surface area contributed by atoms with Crippen LogP contribution in [0.3, 0.4) is 0 Å². The normalized spacial score (nSPS) is 11.7. The fourth-order valence-electron chi connectivity index (χ4n) is 2.46. The number of hydrogen-bond acceptors (Lipinski definition) is 4. The first-order valence-corrected chi connectivity index (χ1v) is 8.30. The minimum Gasteiger partial charge on any atom is -0.464 e. The van der Waals surface area contributed by atoms with E-state index in [1.165, 1.54) is 0 Å². The standard InChI is InChI=1S/C20H16F2N2O4/c21-15-8-7-14(10-16(15)22)24-20(27)19(26)23-11-17(25)12-3-5-13(6-4-12)18-2-1-9-28-18/h1-10,17,25H,11H2,(H,23,26)(H,24,27)/t17-/m0/s1. The highest BCUT2D eigenvalue weighted by Gasteiger charge is 2.17. The quantitative estimate of drug-likeness (QED) is 0.588. The summed E-state index contributed by atoms with van der Waals surface area (Å²) in [5, 5.41) is 14.6. The molecule has 3 aromatic rings. The Morgan fingerprint density at radius 1 is 1.00 bits per heavy atom. The van der Waals surface area contributed by atoms with E-state index >= 15 is 0 Å². The van der Waals surface area contributed by atoms with E-state index in [4.69, 9.17) is 4.42 Å². The predicted molar refractivity (Wildman–Crippen MR) is 97.1 cm³/mol. The number of benzene rings is 2. The number of halogens is 2. The highest BCUT2D eigenvalue weighted by Crippen LogP contribution is 2.22. The highest BCUT2D eigenvalue weighted by molar-refractivity contribution is 6.39. The van der Waals surface area contributed by atoms with Crippen molar-refractivity contribution in [2.24, 2.45) is 0 Å². The third kappa shape index (κ3) is 4.60. The van der Waals surface area contributed by atoms with Crippen molar-refractivity contribution < 1.29 is 27.9 Å². The van der Waals surface area contributed by atoms with Crippen LogP contribution >= 0.6 is 0 Å². The Balaban J connectivity index is 1.53. The Kier molecular flexibility index (Phi) is 5.81. The van der Waals surface area contributed by atoms with Crippen molar-refractivity contribution >= 4 is 17.5 Å². The van der Waals surface area contributed by atoms with Gasteiger partial charge in [0.05, 0.1) is 12.4 Å². The van der Waals surface area contributed by atoms with Crippen LogP contribution in [0.15, 0.2) is 65.3 Å². The lowest BCUT2D eigenvalue weighted by molar-refractivity contribution is -0.136. The van der Waals surface area contributed by atoms with Gasteiger partial charge in [-0.2, -0.15) is 0 Å². The maximum Gasteiger partial charge on any atom is 0.313 e. The summed E-state index contributed by atoms with van der Waals surface area (Å²) in [6.45, 7) is -0.204. The van der Waals surface area contributed by atoms with E-state index in [1.807, 2.05) is 0 Å². The van der Waals surface area contributed by atoms with Crippen LogP contribution in [0.4, 0.5) is 14.5 Å². The molecule has 3 N–H and O–H groups in total. The molecule has 0 radical (unpaired) electrons.